The Labute approximate surface area is 148 Å². The second kappa shape index (κ2) is 8.16. The molecule has 0 spiro atoms. The molecule has 0 saturated carbocycles. The minimum atomic E-state index is -0.621. The topological polar surface area (TPSA) is 70.5 Å². The summed E-state index contributed by atoms with van der Waals surface area (Å²) in [6, 6.07) is 7.95. The lowest BCUT2D eigenvalue weighted by Gasteiger charge is -2.18. The van der Waals surface area contributed by atoms with E-state index in [1.807, 2.05) is 38.1 Å². The fourth-order valence-corrected chi connectivity index (χ4v) is 3.05. The van der Waals surface area contributed by atoms with Crippen molar-refractivity contribution in [1.82, 2.24) is 9.97 Å². The molecule has 2 aromatic rings. The van der Waals surface area contributed by atoms with Crippen molar-refractivity contribution in [2.45, 2.75) is 32.8 Å². The van der Waals surface area contributed by atoms with Crippen LogP contribution in [0.2, 0.25) is 0 Å². The van der Waals surface area contributed by atoms with Gasteiger partial charge in [0.1, 0.15) is 36.4 Å². The molecule has 0 radical (unpaired) electrons. The van der Waals surface area contributed by atoms with Gasteiger partial charge >= 0.3 is 0 Å². The van der Waals surface area contributed by atoms with Crippen LogP contribution in [-0.4, -0.2) is 47.4 Å². The van der Waals surface area contributed by atoms with Gasteiger partial charge in [-0.1, -0.05) is 18.2 Å². The molecule has 25 heavy (non-hydrogen) atoms. The van der Waals surface area contributed by atoms with Crippen molar-refractivity contribution >= 4 is 11.6 Å². The van der Waals surface area contributed by atoms with Gasteiger partial charge in [-0.15, -0.1) is 0 Å². The highest BCUT2D eigenvalue weighted by molar-refractivity contribution is 5.49. The predicted molar refractivity (Wildman–Crippen MR) is 99.4 cm³/mol. The van der Waals surface area contributed by atoms with Gasteiger partial charge < -0.3 is 20.1 Å². The van der Waals surface area contributed by atoms with Crippen molar-refractivity contribution in [2.75, 3.05) is 36.5 Å². The third kappa shape index (κ3) is 4.60. The number of nitrogens with one attached hydrogen (secondary N) is 1. The summed E-state index contributed by atoms with van der Waals surface area (Å²) in [5, 5.41) is 13.4. The van der Waals surface area contributed by atoms with Crippen molar-refractivity contribution < 1.29 is 9.84 Å². The second-order valence-electron chi connectivity index (χ2n) is 6.52. The van der Waals surface area contributed by atoms with E-state index < -0.39 is 6.10 Å². The van der Waals surface area contributed by atoms with Crippen LogP contribution in [0, 0.1) is 13.8 Å². The molecule has 134 valence electrons. The Balaban J connectivity index is 1.50. The maximum Gasteiger partial charge on any atom is 0.134 e. The first-order valence-electron chi connectivity index (χ1n) is 8.81. The number of nitrogens with zero attached hydrogens (tertiary/aromatic N) is 3. The normalized spacial score (nSPS) is 15.2. The van der Waals surface area contributed by atoms with Crippen LogP contribution >= 0.6 is 0 Å². The van der Waals surface area contributed by atoms with Crippen molar-refractivity contribution in [1.29, 1.82) is 0 Å². The first kappa shape index (κ1) is 17.5. The zero-order valence-corrected chi connectivity index (χ0v) is 14.9. The molecule has 0 amide bonds. The van der Waals surface area contributed by atoms with Gasteiger partial charge in [-0.25, -0.2) is 9.97 Å². The number of para-hydroxylation sites is 1. The quantitative estimate of drug-likeness (QED) is 0.806. The molecule has 2 heterocycles. The molecule has 6 nitrogen and oxygen atoms in total. The summed E-state index contributed by atoms with van der Waals surface area (Å²) in [5.74, 6) is 2.51. The molecule has 1 atom stereocenters. The molecule has 3 rings (SSSR count). The number of ether oxygens (including phenoxy) is 1. The van der Waals surface area contributed by atoms with Gasteiger partial charge in [0.05, 0.1) is 0 Å². The Hall–Kier alpha value is -2.34. The van der Waals surface area contributed by atoms with Crippen molar-refractivity contribution in [3.05, 3.63) is 41.7 Å². The molecule has 1 unspecified atom stereocenters. The highest BCUT2D eigenvalue weighted by Crippen LogP contribution is 2.22. The molecular formula is C19H26N4O2. The Morgan fingerprint density at radius 2 is 1.92 bits per heavy atom. The summed E-state index contributed by atoms with van der Waals surface area (Å²) >= 11 is 0. The number of aliphatic hydroxyl groups excluding tert-OH is 1. The Bertz CT molecular complexity index is 681. The average Bonchev–Trinajstić information content (AvgIpc) is 3.14. The number of hydrogen-bond acceptors (Lipinski definition) is 6. The molecule has 0 bridgehead atoms. The van der Waals surface area contributed by atoms with E-state index in [0.717, 1.165) is 41.6 Å². The number of aryl methyl sites for hydroxylation is 2. The number of aliphatic hydroxyl groups is 1. The van der Waals surface area contributed by atoms with Gasteiger partial charge in [0.15, 0.2) is 0 Å². The van der Waals surface area contributed by atoms with E-state index in [1.54, 1.807) is 6.33 Å². The van der Waals surface area contributed by atoms with E-state index in [-0.39, 0.29) is 6.61 Å². The largest absolute Gasteiger partial charge is 0.490 e. The van der Waals surface area contributed by atoms with E-state index in [9.17, 15) is 5.11 Å². The number of benzene rings is 1. The van der Waals surface area contributed by atoms with Gasteiger partial charge in [-0.2, -0.15) is 0 Å². The summed E-state index contributed by atoms with van der Waals surface area (Å²) in [6.45, 7) is 6.72. The highest BCUT2D eigenvalue weighted by atomic mass is 16.5. The van der Waals surface area contributed by atoms with Crippen molar-refractivity contribution in [2.24, 2.45) is 0 Å². The number of rotatable bonds is 7. The molecule has 1 saturated heterocycles. The highest BCUT2D eigenvalue weighted by Gasteiger charge is 2.14. The maximum absolute atomic E-state index is 10.2. The van der Waals surface area contributed by atoms with Crippen LogP contribution in [0.15, 0.2) is 30.6 Å². The fraction of sp³-hybridized carbons (Fsp3) is 0.474. The molecule has 1 aromatic heterocycles. The molecule has 2 N–H and O–H groups in total. The van der Waals surface area contributed by atoms with E-state index in [4.69, 9.17) is 4.74 Å². The Morgan fingerprint density at radius 1 is 1.20 bits per heavy atom. The maximum atomic E-state index is 10.2. The van der Waals surface area contributed by atoms with E-state index in [0.29, 0.717) is 6.54 Å². The first-order valence-corrected chi connectivity index (χ1v) is 8.81. The third-order valence-corrected chi connectivity index (χ3v) is 4.43. The van der Waals surface area contributed by atoms with Gasteiger partial charge in [-0.05, 0) is 37.8 Å². The van der Waals surface area contributed by atoms with Gasteiger partial charge in [0, 0.05) is 25.7 Å². The van der Waals surface area contributed by atoms with Crippen molar-refractivity contribution in [3.63, 3.8) is 0 Å². The van der Waals surface area contributed by atoms with E-state index >= 15 is 0 Å². The summed E-state index contributed by atoms with van der Waals surface area (Å²) in [5.41, 5.74) is 2.15. The summed E-state index contributed by atoms with van der Waals surface area (Å²) in [4.78, 5) is 10.8. The average molecular weight is 342 g/mol. The lowest BCUT2D eigenvalue weighted by Crippen LogP contribution is -2.27. The minimum absolute atomic E-state index is 0.239. The van der Waals surface area contributed by atoms with Crippen LogP contribution in [-0.2, 0) is 0 Å². The second-order valence-corrected chi connectivity index (χ2v) is 6.52. The molecule has 1 fully saturated rings. The zero-order chi connectivity index (χ0) is 17.6. The third-order valence-electron chi connectivity index (χ3n) is 4.43. The molecule has 1 aliphatic heterocycles. The molecule has 6 heteroatoms. The lowest BCUT2D eigenvalue weighted by atomic mass is 10.1. The first-order chi connectivity index (χ1) is 12.1. The molecule has 1 aliphatic rings. The number of hydrogen-bond donors (Lipinski definition) is 2. The standard InChI is InChI=1S/C19H26N4O2/c1-14-6-5-7-15(2)19(14)25-12-16(24)11-20-17-10-18(22-13-21-17)23-8-3-4-9-23/h5-7,10,13,16,24H,3-4,8-9,11-12H2,1-2H3,(H,20,21,22). The van der Waals surface area contributed by atoms with Gasteiger partial charge in [0.25, 0.3) is 0 Å². The van der Waals surface area contributed by atoms with Crippen LogP contribution in [0.4, 0.5) is 11.6 Å². The number of anilines is 2. The van der Waals surface area contributed by atoms with E-state index in [2.05, 4.69) is 20.2 Å². The number of aromatic nitrogens is 2. The van der Waals surface area contributed by atoms with Crippen molar-refractivity contribution in [3.8, 4) is 5.75 Å². The molecular weight excluding hydrogens is 316 g/mol. The Morgan fingerprint density at radius 3 is 2.64 bits per heavy atom. The summed E-state index contributed by atoms with van der Waals surface area (Å²) < 4.78 is 5.79. The van der Waals surface area contributed by atoms with Crippen LogP contribution in [0.25, 0.3) is 0 Å². The van der Waals surface area contributed by atoms with Crippen LogP contribution in [0.1, 0.15) is 24.0 Å². The summed E-state index contributed by atoms with van der Waals surface area (Å²) in [7, 11) is 0. The molecule has 0 aliphatic carbocycles. The van der Waals surface area contributed by atoms with E-state index in [1.165, 1.54) is 12.8 Å². The van der Waals surface area contributed by atoms with Crippen LogP contribution < -0.4 is 15.0 Å². The van der Waals surface area contributed by atoms with Crippen LogP contribution in [0.3, 0.4) is 0 Å². The summed E-state index contributed by atoms with van der Waals surface area (Å²) in [6.07, 6.45) is 3.36. The van der Waals surface area contributed by atoms with Crippen LogP contribution in [0.5, 0.6) is 5.75 Å². The SMILES string of the molecule is Cc1cccc(C)c1OCC(O)CNc1cc(N2CCCC2)ncn1. The molecule has 1 aromatic carbocycles. The van der Waals surface area contributed by atoms with Gasteiger partial charge in [-0.3, -0.25) is 0 Å². The minimum Gasteiger partial charge on any atom is -0.490 e. The predicted octanol–water partition coefficient (Wildman–Crippen LogP) is 2.55. The smallest absolute Gasteiger partial charge is 0.134 e. The fourth-order valence-electron chi connectivity index (χ4n) is 3.05. The lowest BCUT2D eigenvalue weighted by molar-refractivity contribution is 0.116. The Kier molecular flexibility index (Phi) is 5.71. The van der Waals surface area contributed by atoms with Gasteiger partial charge in [0.2, 0.25) is 0 Å². The monoisotopic (exact) mass is 342 g/mol. The zero-order valence-electron chi connectivity index (χ0n) is 14.9.